The molecule has 0 amide bonds. The molecule has 2 aromatic rings. The van der Waals surface area contributed by atoms with Gasteiger partial charge in [0.15, 0.2) is 0 Å². The van der Waals surface area contributed by atoms with E-state index in [-0.39, 0.29) is 17.9 Å². The lowest BCUT2D eigenvalue weighted by Crippen LogP contribution is -2.09. The summed E-state index contributed by atoms with van der Waals surface area (Å²) in [5.74, 6) is -0.878. The van der Waals surface area contributed by atoms with Gasteiger partial charge in [-0.2, -0.15) is 5.26 Å². The lowest BCUT2D eigenvalue weighted by atomic mass is 10.1. The van der Waals surface area contributed by atoms with Crippen LogP contribution in [0.3, 0.4) is 0 Å². The van der Waals surface area contributed by atoms with Gasteiger partial charge in [-0.1, -0.05) is 13.8 Å². The summed E-state index contributed by atoms with van der Waals surface area (Å²) in [4.78, 5) is 24.0. The van der Waals surface area contributed by atoms with Crippen LogP contribution in [0.1, 0.15) is 53.3 Å². The monoisotopic (exact) mass is 398 g/mol. The number of rotatable bonds is 8. The van der Waals surface area contributed by atoms with Crippen molar-refractivity contribution in [3.05, 3.63) is 52.2 Å². The first-order chi connectivity index (χ1) is 13.8. The average molecular weight is 398 g/mol. The molecule has 0 saturated heterocycles. The lowest BCUT2D eigenvalue weighted by Gasteiger charge is -2.11. The summed E-state index contributed by atoms with van der Waals surface area (Å²) < 4.78 is 17.0. The molecule has 0 saturated carbocycles. The molecule has 29 heavy (non-hydrogen) atoms. The first kappa shape index (κ1) is 22.0. The molecule has 2 heterocycles. The smallest absolute Gasteiger partial charge is 0.374 e. The second-order valence-electron chi connectivity index (χ2n) is 7.17. The van der Waals surface area contributed by atoms with Crippen LogP contribution in [0.4, 0.5) is 0 Å². The highest BCUT2D eigenvalue weighted by Crippen LogP contribution is 2.20. The van der Waals surface area contributed by atoms with Gasteiger partial charge >= 0.3 is 11.9 Å². The Hall–Kier alpha value is -3.27. The molecule has 0 radical (unpaired) electrons. The molecule has 0 fully saturated rings. The van der Waals surface area contributed by atoms with Gasteiger partial charge in [-0.15, -0.1) is 0 Å². The number of hydrogen-bond acceptors (Lipinski definition) is 6. The van der Waals surface area contributed by atoms with Gasteiger partial charge in [-0.3, -0.25) is 0 Å². The number of carbonyl (C=O) groups is 2. The van der Waals surface area contributed by atoms with Crippen LogP contribution in [-0.4, -0.2) is 23.6 Å². The summed E-state index contributed by atoms with van der Waals surface area (Å²) in [6, 6.07) is 5.36. The number of nitrogens with zero attached hydrogens (tertiary/aromatic N) is 2. The highest BCUT2D eigenvalue weighted by Gasteiger charge is 2.19. The molecule has 0 aliphatic rings. The Labute approximate surface area is 170 Å². The topological polar surface area (TPSA) is 94.5 Å². The molecule has 0 aromatic carbocycles. The zero-order chi connectivity index (χ0) is 21.6. The van der Waals surface area contributed by atoms with E-state index < -0.39 is 11.9 Å². The van der Waals surface area contributed by atoms with Gasteiger partial charge in [-0.05, 0) is 50.0 Å². The van der Waals surface area contributed by atoms with E-state index in [1.165, 1.54) is 25.5 Å². The molecule has 0 aliphatic heterocycles. The normalized spacial score (nSPS) is 11.4. The Kier molecular flexibility index (Phi) is 7.43. The number of carbonyl (C=O) groups excluding carboxylic acids is 2. The van der Waals surface area contributed by atoms with Crippen molar-refractivity contribution in [2.45, 2.75) is 47.3 Å². The van der Waals surface area contributed by atoms with Gasteiger partial charge in [0.25, 0.3) is 0 Å². The maximum Gasteiger partial charge on any atom is 0.374 e. The summed E-state index contributed by atoms with van der Waals surface area (Å²) >= 11 is 0. The van der Waals surface area contributed by atoms with Crippen molar-refractivity contribution < 1.29 is 23.5 Å². The lowest BCUT2D eigenvalue weighted by molar-refractivity contribution is -0.139. The molecule has 2 aromatic heterocycles. The summed E-state index contributed by atoms with van der Waals surface area (Å²) in [5, 5.41) is 9.42. The van der Waals surface area contributed by atoms with E-state index in [0.29, 0.717) is 11.5 Å². The van der Waals surface area contributed by atoms with E-state index in [1.807, 2.05) is 26.0 Å². The molecule has 0 bridgehead atoms. The molecular weight excluding hydrogens is 372 g/mol. The second-order valence-corrected chi connectivity index (χ2v) is 7.17. The van der Waals surface area contributed by atoms with Crippen LogP contribution >= 0.6 is 0 Å². The number of aromatic nitrogens is 1. The molecule has 7 nitrogen and oxygen atoms in total. The zero-order valence-electron chi connectivity index (χ0n) is 17.4. The van der Waals surface area contributed by atoms with Crippen LogP contribution in [0.25, 0.3) is 6.08 Å². The molecule has 0 N–H and O–H groups in total. The number of furan rings is 1. The number of hydrogen-bond donors (Lipinski definition) is 0. The minimum absolute atomic E-state index is 0.0310. The molecule has 0 unspecified atom stereocenters. The maximum atomic E-state index is 12.4. The number of esters is 2. The highest BCUT2D eigenvalue weighted by atomic mass is 16.5. The van der Waals surface area contributed by atoms with Crippen molar-refractivity contribution in [3.8, 4) is 6.07 Å². The van der Waals surface area contributed by atoms with Gasteiger partial charge < -0.3 is 18.5 Å². The van der Waals surface area contributed by atoms with E-state index in [4.69, 9.17) is 9.15 Å². The van der Waals surface area contributed by atoms with Gasteiger partial charge in [0.2, 0.25) is 5.76 Å². The summed E-state index contributed by atoms with van der Waals surface area (Å²) in [5.41, 5.74) is 3.12. The molecule has 0 aliphatic carbocycles. The van der Waals surface area contributed by atoms with E-state index >= 15 is 0 Å². The Bertz CT molecular complexity index is 956. The first-order valence-corrected chi connectivity index (χ1v) is 9.38. The fraction of sp³-hybridized carbons (Fsp3) is 0.409. The molecule has 2 rings (SSSR count). The number of methoxy groups -OCH3 is 1. The van der Waals surface area contributed by atoms with Crippen molar-refractivity contribution in [1.29, 1.82) is 5.26 Å². The third-order valence-corrected chi connectivity index (χ3v) is 4.66. The Balaban J connectivity index is 2.15. The maximum absolute atomic E-state index is 12.4. The second kappa shape index (κ2) is 9.78. The fourth-order valence-electron chi connectivity index (χ4n) is 2.94. The quantitative estimate of drug-likeness (QED) is 0.376. The molecule has 0 atom stereocenters. The van der Waals surface area contributed by atoms with E-state index in [0.717, 1.165) is 29.9 Å². The van der Waals surface area contributed by atoms with Crippen molar-refractivity contribution in [3.63, 3.8) is 0 Å². The van der Waals surface area contributed by atoms with Gasteiger partial charge in [0.1, 0.15) is 18.2 Å². The standard InChI is InChI=1S/C22H26N2O5/c1-14(2)6-8-24-15(3)10-18(16(24)4)11-19(12-23)21(25)29-13-17-7-9-28-20(17)22(26)27-5/h7,9-11,14H,6,8,13H2,1-5H3/b19-11+. The van der Waals surface area contributed by atoms with Crippen molar-refractivity contribution in [1.82, 2.24) is 4.57 Å². The Morgan fingerprint density at radius 2 is 2.07 bits per heavy atom. The summed E-state index contributed by atoms with van der Waals surface area (Å²) in [7, 11) is 1.23. The predicted octanol–water partition coefficient (Wildman–Crippen LogP) is 4.18. The zero-order valence-corrected chi connectivity index (χ0v) is 17.4. The van der Waals surface area contributed by atoms with E-state index in [9.17, 15) is 14.9 Å². The number of aryl methyl sites for hydroxylation is 1. The molecular formula is C22H26N2O5. The average Bonchev–Trinajstić information content (AvgIpc) is 3.26. The van der Waals surface area contributed by atoms with Crippen LogP contribution in [-0.2, 0) is 27.4 Å². The number of nitriles is 1. The minimum Gasteiger partial charge on any atom is -0.463 e. The number of ether oxygens (including phenoxy) is 2. The van der Waals surface area contributed by atoms with E-state index in [2.05, 4.69) is 23.2 Å². The minimum atomic E-state index is -0.767. The molecule has 7 heteroatoms. The molecule has 154 valence electrons. The van der Waals surface area contributed by atoms with Crippen LogP contribution in [0.15, 0.2) is 28.4 Å². The highest BCUT2D eigenvalue weighted by molar-refractivity contribution is 5.98. The molecule has 0 spiro atoms. The summed E-state index contributed by atoms with van der Waals surface area (Å²) in [6.45, 7) is 8.99. The Morgan fingerprint density at radius 3 is 2.69 bits per heavy atom. The first-order valence-electron chi connectivity index (χ1n) is 9.38. The van der Waals surface area contributed by atoms with E-state index in [1.54, 1.807) is 0 Å². The SMILES string of the molecule is COC(=O)c1occc1COC(=O)/C(C#N)=C/c1cc(C)n(CCC(C)C)c1C. The van der Waals surface area contributed by atoms with Crippen LogP contribution in [0.5, 0.6) is 0 Å². The predicted molar refractivity (Wildman–Crippen MR) is 107 cm³/mol. The summed E-state index contributed by atoms with van der Waals surface area (Å²) in [6.07, 6.45) is 3.88. The van der Waals surface area contributed by atoms with Crippen molar-refractivity contribution in [2.24, 2.45) is 5.92 Å². The van der Waals surface area contributed by atoms with Crippen LogP contribution < -0.4 is 0 Å². The largest absolute Gasteiger partial charge is 0.463 e. The third-order valence-electron chi connectivity index (χ3n) is 4.66. The van der Waals surface area contributed by atoms with Gasteiger partial charge in [0.05, 0.1) is 13.4 Å². The van der Waals surface area contributed by atoms with Gasteiger partial charge in [0, 0.05) is 23.5 Å². The van der Waals surface area contributed by atoms with Crippen molar-refractivity contribution in [2.75, 3.05) is 7.11 Å². The van der Waals surface area contributed by atoms with Crippen LogP contribution in [0.2, 0.25) is 0 Å². The third kappa shape index (κ3) is 5.38. The van der Waals surface area contributed by atoms with Gasteiger partial charge in [-0.25, -0.2) is 9.59 Å². The van der Waals surface area contributed by atoms with Crippen LogP contribution in [0, 0.1) is 31.1 Å². The van der Waals surface area contributed by atoms with Crippen molar-refractivity contribution >= 4 is 18.0 Å². The Morgan fingerprint density at radius 1 is 1.34 bits per heavy atom. The fourth-order valence-corrected chi connectivity index (χ4v) is 2.94.